The van der Waals surface area contributed by atoms with E-state index in [1.807, 2.05) is 0 Å². The van der Waals surface area contributed by atoms with Crippen LogP contribution in [0.5, 0.6) is 0 Å². The minimum absolute atomic E-state index is 0.368. The first-order valence-corrected chi connectivity index (χ1v) is 8.16. The number of rotatable bonds is 9. The van der Waals surface area contributed by atoms with E-state index in [1.54, 1.807) is 0 Å². The van der Waals surface area contributed by atoms with E-state index in [0.29, 0.717) is 44.0 Å². The highest BCUT2D eigenvalue weighted by atomic mass is 32.2. The van der Waals surface area contributed by atoms with Crippen molar-refractivity contribution < 1.29 is 12.8 Å². The second-order valence-corrected chi connectivity index (χ2v) is 6.44. The molecule has 1 aromatic heterocycles. The Morgan fingerprint density at radius 1 is 1.32 bits per heavy atom. The molecule has 19 heavy (non-hydrogen) atoms. The van der Waals surface area contributed by atoms with Crippen LogP contribution in [0.4, 0.5) is 6.01 Å². The van der Waals surface area contributed by atoms with E-state index in [9.17, 15) is 8.42 Å². The number of aromatic nitrogens is 2. The van der Waals surface area contributed by atoms with E-state index in [2.05, 4.69) is 25.6 Å². The third-order valence-corrected chi connectivity index (χ3v) is 3.31. The first-order chi connectivity index (χ1) is 9.03. The molecule has 0 bridgehead atoms. The number of sulfonamides is 1. The van der Waals surface area contributed by atoms with Crippen molar-refractivity contribution in [2.24, 2.45) is 0 Å². The highest BCUT2D eigenvalue weighted by molar-refractivity contribution is 7.88. The lowest BCUT2D eigenvalue weighted by Crippen LogP contribution is -2.24. The topological polar surface area (TPSA) is 109 Å². The quantitative estimate of drug-likeness (QED) is 0.534. The predicted octanol–water partition coefficient (Wildman–Crippen LogP) is -0.327. The van der Waals surface area contributed by atoms with Gasteiger partial charge in [-0.15, -0.1) is 5.10 Å². The molecule has 0 aliphatic heterocycles. The molecule has 0 unspecified atom stereocenters. The van der Waals surface area contributed by atoms with Crippen LogP contribution in [0.1, 0.15) is 25.2 Å². The molecule has 1 fully saturated rings. The molecule has 1 aliphatic rings. The molecule has 1 aromatic rings. The largest absolute Gasteiger partial charge is 0.407 e. The smallest absolute Gasteiger partial charge is 0.315 e. The first-order valence-electron chi connectivity index (χ1n) is 6.27. The van der Waals surface area contributed by atoms with Crippen molar-refractivity contribution >= 4 is 16.0 Å². The van der Waals surface area contributed by atoms with Crippen molar-refractivity contribution in [3.63, 3.8) is 0 Å². The molecule has 9 heteroatoms. The average Bonchev–Trinajstić information content (AvgIpc) is 3.05. The average molecular weight is 289 g/mol. The van der Waals surface area contributed by atoms with Crippen molar-refractivity contribution in [1.82, 2.24) is 20.2 Å². The van der Waals surface area contributed by atoms with Gasteiger partial charge in [0.25, 0.3) is 0 Å². The zero-order valence-corrected chi connectivity index (χ0v) is 11.7. The maximum absolute atomic E-state index is 10.8. The van der Waals surface area contributed by atoms with Gasteiger partial charge in [0.1, 0.15) is 0 Å². The van der Waals surface area contributed by atoms with Crippen LogP contribution in [0, 0.1) is 0 Å². The minimum Gasteiger partial charge on any atom is -0.407 e. The van der Waals surface area contributed by atoms with Gasteiger partial charge in [0, 0.05) is 19.1 Å². The van der Waals surface area contributed by atoms with Crippen molar-refractivity contribution in [2.45, 2.75) is 31.8 Å². The molecule has 3 N–H and O–H groups in total. The van der Waals surface area contributed by atoms with E-state index in [-0.39, 0.29) is 0 Å². The molecule has 0 spiro atoms. The summed E-state index contributed by atoms with van der Waals surface area (Å²) >= 11 is 0. The van der Waals surface area contributed by atoms with E-state index < -0.39 is 10.0 Å². The first kappa shape index (κ1) is 14.2. The zero-order valence-electron chi connectivity index (χ0n) is 10.8. The molecular formula is C10H19N5O3S. The Labute approximate surface area is 112 Å². The Kier molecular flexibility index (Phi) is 4.72. The highest BCUT2D eigenvalue weighted by Crippen LogP contribution is 2.19. The van der Waals surface area contributed by atoms with Crippen LogP contribution in [0.15, 0.2) is 4.42 Å². The lowest BCUT2D eigenvalue weighted by atomic mass is 10.4. The van der Waals surface area contributed by atoms with Gasteiger partial charge >= 0.3 is 6.01 Å². The molecule has 8 nitrogen and oxygen atoms in total. The van der Waals surface area contributed by atoms with Gasteiger partial charge in [-0.2, -0.15) is 0 Å². The molecule has 108 valence electrons. The fourth-order valence-corrected chi connectivity index (χ4v) is 1.97. The number of anilines is 1. The molecule has 0 saturated heterocycles. The number of nitrogens with one attached hydrogen (secondary N) is 3. The lowest BCUT2D eigenvalue weighted by Gasteiger charge is -2.02. The van der Waals surface area contributed by atoms with Gasteiger partial charge in [-0.1, -0.05) is 5.10 Å². The summed E-state index contributed by atoms with van der Waals surface area (Å²) < 4.78 is 29.4. The van der Waals surface area contributed by atoms with E-state index >= 15 is 0 Å². The SMILES string of the molecule is CS(=O)(=O)NCCCNc1nnc(CNC2CC2)o1. The third-order valence-electron chi connectivity index (χ3n) is 2.58. The monoisotopic (exact) mass is 289 g/mol. The van der Waals surface area contributed by atoms with Gasteiger partial charge in [0.2, 0.25) is 15.9 Å². The van der Waals surface area contributed by atoms with Crippen molar-refractivity contribution in [2.75, 3.05) is 24.7 Å². The van der Waals surface area contributed by atoms with Crippen molar-refractivity contribution in [3.05, 3.63) is 5.89 Å². The Morgan fingerprint density at radius 3 is 2.79 bits per heavy atom. The van der Waals surface area contributed by atoms with Crippen molar-refractivity contribution in [3.8, 4) is 0 Å². The van der Waals surface area contributed by atoms with Crippen LogP contribution in [-0.2, 0) is 16.6 Å². The summed E-state index contributed by atoms with van der Waals surface area (Å²) in [4.78, 5) is 0. The number of hydrogen-bond donors (Lipinski definition) is 3. The summed E-state index contributed by atoms with van der Waals surface area (Å²) in [5, 5.41) is 14.0. The second-order valence-electron chi connectivity index (χ2n) is 4.60. The van der Waals surface area contributed by atoms with E-state index in [1.165, 1.54) is 12.8 Å². The standard InChI is InChI=1S/C10H19N5O3S/c1-19(16,17)13-6-2-5-11-10-15-14-9(18-10)7-12-8-3-4-8/h8,12-13H,2-7H2,1H3,(H,11,15). The summed E-state index contributed by atoms with van der Waals surface area (Å²) in [5.41, 5.74) is 0. The summed E-state index contributed by atoms with van der Waals surface area (Å²) in [5.74, 6) is 0.559. The number of nitrogens with zero attached hydrogens (tertiary/aromatic N) is 2. The predicted molar refractivity (Wildman–Crippen MR) is 70.1 cm³/mol. The van der Waals surface area contributed by atoms with Crippen molar-refractivity contribution in [1.29, 1.82) is 0 Å². The van der Waals surface area contributed by atoms with Crippen LogP contribution < -0.4 is 15.4 Å². The fourth-order valence-electron chi connectivity index (χ4n) is 1.46. The summed E-state index contributed by atoms with van der Waals surface area (Å²) in [7, 11) is -3.11. The van der Waals surface area contributed by atoms with E-state index in [4.69, 9.17) is 4.42 Å². The molecule has 1 heterocycles. The van der Waals surface area contributed by atoms with Crippen LogP contribution in [0.2, 0.25) is 0 Å². The van der Waals surface area contributed by atoms with Gasteiger partial charge in [-0.3, -0.25) is 0 Å². The molecule has 0 atom stereocenters. The van der Waals surface area contributed by atoms with Gasteiger partial charge in [0.15, 0.2) is 0 Å². The minimum atomic E-state index is -3.11. The molecule has 0 aromatic carbocycles. The molecule has 0 radical (unpaired) electrons. The second kappa shape index (κ2) is 6.31. The van der Waals surface area contributed by atoms with Gasteiger partial charge in [-0.25, -0.2) is 13.1 Å². The van der Waals surface area contributed by atoms with Crippen LogP contribution in [0.25, 0.3) is 0 Å². The Hall–Kier alpha value is -1.19. The van der Waals surface area contributed by atoms with Gasteiger partial charge in [-0.05, 0) is 19.3 Å². The lowest BCUT2D eigenvalue weighted by molar-refractivity contribution is 0.475. The van der Waals surface area contributed by atoms with E-state index in [0.717, 1.165) is 6.26 Å². The number of hydrogen-bond acceptors (Lipinski definition) is 7. The summed E-state index contributed by atoms with van der Waals surface area (Å²) in [6, 6.07) is 0.970. The molecular weight excluding hydrogens is 270 g/mol. The Morgan fingerprint density at radius 2 is 2.11 bits per heavy atom. The summed E-state index contributed by atoms with van der Waals surface area (Å²) in [6.07, 6.45) is 4.21. The maximum atomic E-state index is 10.8. The van der Waals surface area contributed by atoms with Gasteiger partial charge < -0.3 is 15.1 Å². The highest BCUT2D eigenvalue weighted by Gasteiger charge is 2.21. The molecule has 1 saturated carbocycles. The Balaban J connectivity index is 1.60. The zero-order chi connectivity index (χ0) is 13.7. The molecule has 1 aliphatic carbocycles. The maximum Gasteiger partial charge on any atom is 0.315 e. The molecule has 2 rings (SSSR count). The van der Waals surface area contributed by atoms with Crippen LogP contribution >= 0.6 is 0 Å². The van der Waals surface area contributed by atoms with Crippen LogP contribution in [-0.4, -0.2) is 44.0 Å². The molecule has 0 amide bonds. The fraction of sp³-hybridized carbons (Fsp3) is 0.800. The van der Waals surface area contributed by atoms with Gasteiger partial charge in [0.05, 0.1) is 12.8 Å². The Bertz CT molecular complexity index is 497. The normalized spacial score (nSPS) is 15.6. The summed E-state index contributed by atoms with van der Waals surface area (Å²) in [6.45, 7) is 1.55. The van der Waals surface area contributed by atoms with Crippen LogP contribution in [0.3, 0.4) is 0 Å². The third kappa shape index (κ3) is 5.99.